The van der Waals surface area contributed by atoms with Crippen molar-refractivity contribution in [3.63, 3.8) is 0 Å². The minimum absolute atomic E-state index is 0.0820. The molecule has 0 fully saturated rings. The number of fused-ring (bicyclic) bond motifs is 1. The van der Waals surface area contributed by atoms with Gasteiger partial charge in [-0.1, -0.05) is 18.2 Å². The van der Waals surface area contributed by atoms with Crippen molar-refractivity contribution in [2.75, 3.05) is 12.4 Å². The molecule has 2 heterocycles. The van der Waals surface area contributed by atoms with Gasteiger partial charge in [-0.25, -0.2) is 9.97 Å². The van der Waals surface area contributed by atoms with Crippen LogP contribution in [0.3, 0.4) is 0 Å². The number of aromatic amines is 1. The molecule has 0 radical (unpaired) electrons. The number of hydrogen-bond donors (Lipinski definition) is 2. The van der Waals surface area contributed by atoms with E-state index >= 15 is 0 Å². The van der Waals surface area contributed by atoms with Gasteiger partial charge in [0.2, 0.25) is 0 Å². The van der Waals surface area contributed by atoms with E-state index in [2.05, 4.69) is 44.5 Å². The maximum atomic E-state index is 5.32. The van der Waals surface area contributed by atoms with Crippen LogP contribution in [0.25, 0.3) is 22.2 Å². The first-order chi connectivity index (χ1) is 13.1. The molecule has 0 bridgehead atoms. The summed E-state index contributed by atoms with van der Waals surface area (Å²) < 4.78 is 5.32. The van der Waals surface area contributed by atoms with Crippen LogP contribution < -0.4 is 10.1 Å². The van der Waals surface area contributed by atoms with E-state index in [9.17, 15) is 0 Å². The Bertz CT molecular complexity index is 1090. The number of H-pyrrole nitrogens is 1. The quantitative estimate of drug-likeness (QED) is 0.548. The third kappa shape index (κ3) is 3.60. The fourth-order valence-electron chi connectivity index (χ4n) is 3.11. The summed E-state index contributed by atoms with van der Waals surface area (Å²) in [5.74, 6) is 2.36. The zero-order valence-electron chi connectivity index (χ0n) is 15.5. The van der Waals surface area contributed by atoms with Crippen molar-refractivity contribution < 1.29 is 4.74 Å². The second-order valence-corrected chi connectivity index (χ2v) is 6.50. The first kappa shape index (κ1) is 17.0. The summed E-state index contributed by atoms with van der Waals surface area (Å²) in [6.07, 6.45) is 1.82. The molecule has 2 N–H and O–H groups in total. The van der Waals surface area contributed by atoms with Gasteiger partial charge in [-0.2, -0.15) is 5.10 Å². The van der Waals surface area contributed by atoms with Crippen molar-refractivity contribution >= 4 is 16.7 Å². The molecule has 27 heavy (non-hydrogen) atoms. The number of hydrogen-bond acceptors (Lipinski definition) is 5. The highest BCUT2D eigenvalue weighted by Crippen LogP contribution is 2.26. The second-order valence-electron chi connectivity index (χ2n) is 6.50. The Kier molecular flexibility index (Phi) is 4.46. The summed E-state index contributed by atoms with van der Waals surface area (Å²) in [5, 5.41) is 11.6. The minimum atomic E-state index is 0.0820. The van der Waals surface area contributed by atoms with E-state index in [1.807, 2.05) is 49.5 Å². The number of benzene rings is 2. The van der Waals surface area contributed by atoms with E-state index in [-0.39, 0.29) is 6.04 Å². The Hall–Kier alpha value is -3.41. The van der Waals surface area contributed by atoms with Gasteiger partial charge in [0.05, 0.1) is 30.6 Å². The summed E-state index contributed by atoms with van der Waals surface area (Å²) >= 11 is 0. The van der Waals surface area contributed by atoms with Crippen molar-refractivity contribution in [3.8, 4) is 17.0 Å². The number of nitrogens with zero attached hydrogens (tertiary/aromatic N) is 3. The third-order valence-corrected chi connectivity index (χ3v) is 4.53. The molecule has 136 valence electrons. The largest absolute Gasteiger partial charge is 0.497 e. The van der Waals surface area contributed by atoms with Crippen LogP contribution in [0, 0.1) is 6.92 Å². The second kappa shape index (κ2) is 7.07. The summed E-state index contributed by atoms with van der Waals surface area (Å²) in [6.45, 7) is 4.00. The molecule has 6 nitrogen and oxygen atoms in total. The maximum Gasteiger partial charge on any atom is 0.130 e. The van der Waals surface area contributed by atoms with Gasteiger partial charge in [0, 0.05) is 17.0 Å². The SMILES string of the molecule is COc1cccc([C@H](C)Nc2cc(-c3ccc4[nH]ncc4c3)nc(C)n2)c1. The van der Waals surface area contributed by atoms with Crippen LogP contribution in [0.1, 0.15) is 24.4 Å². The molecular weight excluding hydrogens is 338 g/mol. The molecule has 0 unspecified atom stereocenters. The number of methoxy groups -OCH3 is 1. The molecular formula is C21H21N5O. The lowest BCUT2D eigenvalue weighted by molar-refractivity contribution is 0.414. The summed E-state index contributed by atoms with van der Waals surface area (Å²) in [4.78, 5) is 9.15. The predicted molar refractivity (Wildman–Crippen MR) is 107 cm³/mol. The van der Waals surface area contributed by atoms with Crippen molar-refractivity contribution in [2.45, 2.75) is 19.9 Å². The molecule has 4 aromatic rings. The lowest BCUT2D eigenvalue weighted by atomic mass is 10.1. The Morgan fingerprint density at radius 2 is 1.96 bits per heavy atom. The van der Waals surface area contributed by atoms with Crippen LogP contribution in [0.5, 0.6) is 5.75 Å². The first-order valence-corrected chi connectivity index (χ1v) is 8.82. The number of rotatable bonds is 5. The van der Waals surface area contributed by atoms with Crippen molar-refractivity contribution in [2.24, 2.45) is 0 Å². The molecule has 4 rings (SSSR count). The molecule has 0 aliphatic carbocycles. The van der Waals surface area contributed by atoms with Crippen LogP contribution >= 0.6 is 0 Å². The highest BCUT2D eigenvalue weighted by molar-refractivity contribution is 5.83. The average Bonchev–Trinajstić information content (AvgIpc) is 3.15. The van der Waals surface area contributed by atoms with Gasteiger partial charge in [0.25, 0.3) is 0 Å². The van der Waals surface area contributed by atoms with Crippen LogP contribution in [0.4, 0.5) is 5.82 Å². The number of aromatic nitrogens is 4. The zero-order valence-corrected chi connectivity index (χ0v) is 15.5. The number of aryl methyl sites for hydroxylation is 1. The van der Waals surface area contributed by atoms with Gasteiger partial charge in [-0.05, 0) is 43.7 Å². The van der Waals surface area contributed by atoms with E-state index in [0.717, 1.165) is 45.1 Å². The van der Waals surface area contributed by atoms with Gasteiger partial charge in [0.1, 0.15) is 17.4 Å². The zero-order chi connectivity index (χ0) is 18.8. The van der Waals surface area contributed by atoms with Gasteiger partial charge in [-0.3, -0.25) is 5.10 Å². The average molecular weight is 359 g/mol. The Morgan fingerprint density at radius 1 is 1.07 bits per heavy atom. The Morgan fingerprint density at radius 3 is 2.81 bits per heavy atom. The van der Waals surface area contributed by atoms with Crippen molar-refractivity contribution in [3.05, 3.63) is 66.1 Å². The number of anilines is 1. The van der Waals surface area contributed by atoms with Crippen LogP contribution in [0.2, 0.25) is 0 Å². The number of nitrogens with one attached hydrogen (secondary N) is 2. The van der Waals surface area contributed by atoms with Crippen LogP contribution in [-0.2, 0) is 0 Å². The molecule has 2 aromatic carbocycles. The Labute approximate surface area is 157 Å². The molecule has 2 aromatic heterocycles. The summed E-state index contributed by atoms with van der Waals surface area (Å²) in [5.41, 5.74) is 4.05. The fourth-order valence-corrected chi connectivity index (χ4v) is 3.11. The first-order valence-electron chi connectivity index (χ1n) is 8.82. The van der Waals surface area contributed by atoms with Gasteiger partial charge < -0.3 is 10.1 Å². The molecule has 0 aliphatic heterocycles. The predicted octanol–water partition coefficient (Wildman–Crippen LogP) is 4.51. The lowest BCUT2D eigenvalue weighted by Crippen LogP contribution is -2.09. The van der Waals surface area contributed by atoms with E-state index in [4.69, 9.17) is 4.74 Å². The lowest BCUT2D eigenvalue weighted by Gasteiger charge is -2.16. The molecule has 0 saturated heterocycles. The molecule has 0 saturated carbocycles. The minimum Gasteiger partial charge on any atom is -0.497 e. The highest BCUT2D eigenvalue weighted by atomic mass is 16.5. The molecule has 0 spiro atoms. The molecule has 0 amide bonds. The van der Waals surface area contributed by atoms with E-state index in [1.54, 1.807) is 7.11 Å². The van der Waals surface area contributed by atoms with Crippen LogP contribution in [0.15, 0.2) is 54.7 Å². The molecule has 6 heteroatoms. The fraction of sp³-hybridized carbons (Fsp3) is 0.190. The van der Waals surface area contributed by atoms with Gasteiger partial charge in [-0.15, -0.1) is 0 Å². The maximum absolute atomic E-state index is 5.32. The van der Waals surface area contributed by atoms with Crippen molar-refractivity contribution in [1.29, 1.82) is 0 Å². The highest BCUT2D eigenvalue weighted by Gasteiger charge is 2.10. The van der Waals surface area contributed by atoms with E-state index in [0.29, 0.717) is 0 Å². The summed E-state index contributed by atoms with van der Waals surface area (Å²) in [6, 6.07) is 16.2. The summed E-state index contributed by atoms with van der Waals surface area (Å²) in [7, 11) is 1.67. The Balaban J connectivity index is 1.63. The monoisotopic (exact) mass is 359 g/mol. The number of ether oxygens (including phenoxy) is 1. The van der Waals surface area contributed by atoms with Crippen molar-refractivity contribution in [1.82, 2.24) is 20.2 Å². The van der Waals surface area contributed by atoms with E-state index < -0.39 is 0 Å². The van der Waals surface area contributed by atoms with Gasteiger partial charge in [0.15, 0.2) is 0 Å². The van der Waals surface area contributed by atoms with Gasteiger partial charge >= 0.3 is 0 Å². The topological polar surface area (TPSA) is 75.7 Å². The molecule has 1 atom stereocenters. The standard InChI is InChI=1S/C21H21N5O/c1-13(15-5-4-6-18(10-15)27-3)23-21-11-20(24-14(2)25-21)16-7-8-19-17(9-16)12-22-26-19/h4-13H,1-3H3,(H,22,26)(H,23,24,25)/t13-/m0/s1. The van der Waals surface area contributed by atoms with Crippen LogP contribution in [-0.4, -0.2) is 27.3 Å². The normalized spacial score (nSPS) is 12.1. The third-order valence-electron chi connectivity index (χ3n) is 4.53. The van der Waals surface area contributed by atoms with E-state index in [1.165, 1.54) is 0 Å². The molecule has 0 aliphatic rings. The smallest absolute Gasteiger partial charge is 0.130 e.